The molecule has 158 valence electrons. The van der Waals surface area contributed by atoms with Crippen LogP contribution in [0.5, 0.6) is 5.75 Å². The highest BCUT2D eigenvalue weighted by molar-refractivity contribution is 14.1. The Kier molecular flexibility index (Phi) is 8.30. The second-order valence-corrected chi connectivity index (χ2v) is 10.3. The molecule has 0 heterocycles. The third-order valence-electron chi connectivity index (χ3n) is 4.64. The van der Waals surface area contributed by atoms with Crippen molar-refractivity contribution in [2.75, 3.05) is 19.0 Å². The van der Waals surface area contributed by atoms with Crippen LogP contribution in [0.15, 0.2) is 77.7 Å². The van der Waals surface area contributed by atoms with Gasteiger partial charge in [-0.2, -0.15) is 0 Å². The van der Waals surface area contributed by atoms with E-state index in [-0.39, 0.29) is 5.75 Å². The minimum absolute atomic E-state index is 0.0931. The van der Waals surface area contributed by atoms with E-state index in [1.807, 2.05) is 54.6 Å². The topological polar surface area (TPSA) is 52.6 Å². The molecule has 0 unspecified atom stereocenters. The lowest BCUT2D eigenvalue weighted by molar-refractivity contribution is 0.107. The van der Waals surface area contributed by atoms with Gasteiger partial charge in [0.05, 0.1) is 34.0 Å². The first-order valence-corrected chi connectivity index (χ1v) is 12.6. The van der Waals surface area contributed by atoms with E-state index in [2.05, 4.69) is 22.6 Å². The molecule has 3 rings (SSSR count). The van der Waals surface area contributed by atoms with Gasteiger partial charge in [-0.1, -0.05) is 55.5 Å². The largest absolute Gasteiger partial charge is 0.492 e. The number of halogens is 1. The van der Waals surface area contributed by atoms with Crippen LogP contribution in [0.2, 0.25) is 0 Å². The van der Waals surface area contributed by atoms with Crippen molar-refractivity contribution in [3.05, 3.63) is 81.9 Å². The van der Waals surface area contributed by atoms with Crippen LogP contribution in [0.3, 0.4) is 0 Å². The van der Waals surface area contributed by atoms with E-state index in [4.69, 9.17) is 9.47 Å². The van der Waals surface area contributed by atoms with Crippen LogP contribution in [-0.4, -0.2) is 27.4 Å². The summed E-state index contributed by atoms with van der Waals surface area (Å²) in [4.78, 5) is 0.355. The molecule has 6 heteroatoms. The SMILES string of the molecule is CCS(=O)(=O)c1cccc(-c2ccc(OCCCOCc3ccccc3)c(I)c2)c1. The average molecular weight is 536 g/mol. The molecule has 0 aromatic heterocycles. The van der Waals surface area contributed by atoms with Crippen LogP contribution in [0.25, 0.3) is 11.1 Å². The monoisotopic (exact) mass is 536 g/mol. The Bertz CT molecular complexity index is 1070. The Labute approximate surface area is 192 Å². The summed E-state index contributed by atoms with van der Waals surface area (Å²) in [6.07, 6.45) is 0.807. The van der Waals surface area contributed by atoms with Gasteiger partial charge < -0.3 is 9.47 Å². The van der Waals surface area contributed by atoms with E-state index in [0.717, 1.165) is 26.9 Å². The molecule has 0 saturated carbocycles. The number of hydrogen-bond acceptors (Lipinski definition) is 4. The zero-order valence-electron chi connectivity index (χ0n) is 16.9. The van der Waals surface area contributed by atoms with E-state index in [9.17, 15) is 8.42 Å². The van der Waals surface area contributed by atoms with Crippen LogP contribution >= 0.6 is 22.6 Å². The first kappa shape index (κ1) is 22.8. The van der Waals surface area contributed by atoms with E-state index < -0.39 is 9.84 Å². The van der Waals surface area contributed by atoms with E-state index >= 15 is 0 Å². The zero-order chi connectivity index (χ0) is 21.4. The third kappa shape index (κ3) is 6.30. The van der Waals surface area contributed by atoms with Crippen molar-refractivity contribution < 1.29 is 17.9 Å². The van der Waals surface area contributed by atoms with E-state index in [1.54, 1.807) is 25.1 Å². The molecular formula is C24H25IO4S. The molecule has 3 aromatic carbocycles. The molecule has 30 heavy (non-hydrogen) atoms. The molecular weight excluding hydrogens is 511 g/mol. The summed E-state index contributed by atoms with van der Waals surface area (Å²) in [6.45, 7) is 3.49. The smallest absolute Gasteiger partial charge is 0.178 e. The standard InChI is InChI=1S/C24H25IO4S/c1-2-30(26,27)22-11-6-10-20(16-22)21-12-13-24(23(25)17-21)29-15-7-14-28-18-19-8-4-3-5-9-19/h3-6,8-13,16-17H,2,7,14-15,18H2,1H3. The predicted octanol–water partition coefficient (Wildman–Crippen LogP) is 5.74. The number of rotatable bonds is 10. The number of hydrogen-bond donors (Lipinski definition) is 0. The van der Waals surface area contributed by atoms with Crippen LogP contribution in [0, 0.1) is 3.57 Å². The van der Waals surface area contributed by atoms with Gasteiger partial charge in [0, 0.05) is 6.42 Å². The third-order valence-corrected chi connectivity index (χ3v) is 7.22. The lowest BCUT2D eigenvalue weighted by Crippen LogP contribution is -2.04. The summed E-state index contributed by atoms with van der Waals surface area (Å²) < 4.78 is 36.9. The minimum atomic E-state index is -3.22. The fourth-order valence-electron chi connectivity index (χ4n) is 2.94. The lowest BCUT2D eigenvalue weighted by atomic mass is 10.1. The molecule has 0 saturated heterocycles. The van der Waals surface area contributed by atoms with Gasteiger partial charge in [0.1, 0.15) is 5.75 Å². The van der Waals surface area contributed by atoms with Gasteiger partial charge in [-0.15, -0.1) is 0 Å². The fourth-order valence-corrected chi connectivity index (χ4v) is 4.54. The summed E-state index contributed by atoms with van der Waals surface area (Å²) >= 11 is 2.25. The van der Waals surface area contributed by atoms with Crippen molar-refractivity contribution in [2.24, 2.45) is 0 Å². The Morgan fingerprint density at radius 2 is 1.63 bits per heavy atom. The average Bonchev–Trinajstić information content (AvgIpc) is 2.77. The molecule has 0 atom stereocenters. The van der Waals surface area contributed by atoms with Crippen molar-refractivity contribution in [3.8, 4) is 16.9 Å². The van der Waals surface area contributed by atoms with Crippen LogP contribution in [0.1, 0.15) is 18.9 Å². The second-order valence-electron chi connectivity index (χ2n) is 6.82. The van der Waals surface area contributed by atoms with E-state index in [0.29, 0.717) is 24.7 Å². The van der Waals surface area contributed by atoms with Crippen molar-refractivity contribution in [2.45, 2.75) is 24.8 Å². The van der Waals surface area contributed by atoms with Crippen molar-refractivity contribution in [3.63, 3.8) is 0 Å². The zero-order valence-corrected chi connectivity index (χ0v) is 19.9. The molecule has 0 spiro atoms. The molecule has 0 bridgehead atoms. The Morgan fingerprint density at radius 3 is 2.37 bits per heavy atom. The van der Waals surface area contributed by atoms with Crippen LogP contribution < -0.4 is 4.74 Å². The van der Waals surface area contributed by atoms with Gasteiger partial charge in [-0.25, -0.2) is 8.42 Å². The molecule has 0 amide bonds. The van der Waals surface area contributed by atoms with Gasteiger partial charge >= 0.3 is 0 Å². The van der Waals surface area contributed by atoms with Crippen LogP contribution in [0.4, 0.5) is 0 Å². The van der Waals surface area contributed by atoms with Gasteiger partial charge in [-0.05, 0) is 63.5 Å². The molecule has 0 aliphatic rings. The van der Waals surface area contributed by atoms with Crippen LogP contribution in [-0.2, 0) is 21.2 Å². The Morgan fingerprint density at radius 1 is 0.867 bits per heavy atom. The number of benzene rings is 3. The fraction of sp³-hybridized carbons (Fsp3) is 0.250. The molecule has 0 aliphatic heterocycles. The highest BCUT2D eigenvalue weighted by atomic mass is 127. The van der Waals surface area contributed by atoms with E-state index in [1.165, 1.54) is 5.56 Å². The van der Waals surface area contributed by atoms with Gasteiger partial charge in [-0.3, -0.25) is 0 Å². The number of sulfone groups is 1. The molecule has 0 fully saturated rings. The Hall–Kier alpha value is -1.90. The van der Waals surface area contributed by atoms with Gasteiger partial charge in [0.15, 0.2) is 9.84 Å². The normalized spacial score (nSPS) is 11.4. The quantitative estimate of drug-likeness (QED) is 0.245. The van der Waals surface area contributed by atoms with Crippen molar-refractivity contribution >= 4 is 32.4 Å². The lowest BCUT2D eigenvalue weighted by Gasteiger charge is -2.11. The summed E-state index contributed by atoms with van der Waals surface area (Å²) in [7, 11) is -3.22. The number of ether oxygens (including phenoxy) is 2. The first-order chi connectivity index (χ1) is 14.5. The summed E-state index contributed by atoms with van der Waals surface area (Å²) in [5, 5.41) is 0. The predicted molar refractivity (Wildman–Crippen MR) is 129 cm³/mol. The summed E-state index contributed by atoms with van der Waals surface area (Å²) in [6, 6.07) is 23.1. The van der Waals surface area contributed by atoms with Crippen molar-refractivity contribution in [1.82, 2.24) is 0 Å². The minimum Gasteiger partial charge on any atom is -0.492 e. The maximum absolute atomic E-state index is 12.1. The molecule has 4 nitrogen and oxygen atoms in total. The summed E-state index contributed by atoms with van der Waals surface area (Å²) in [5.41, 5.74) is 3.01. The second kappa shape index (κ2) is 10.9. The highest BCUT2D eigenvalue weighted by Gasteiger charge is 2.13. The molecule has 0 radical (unpaired) electrons. The van der Waals surface area contributed by atoms with Gasteiger partial charge in [0.2, 0.25) is 0 Å². The van der Waals surface area contributed by atoms with Gasteiger partial charge in [0.25, 0.3) is 0 Å². The van der Waals surface area contributed by atoms with Crippen molar-refractivity contribution in [1.29, 1.82) is 0 Å². The first-order valence-electron chi connectivity index (χ1n) is 9.87. The summed E-state index contributed by atoms with van der Waals surface area (Å²) in [5.74, 6) is 0.912. The molecule has 0 N–H and O–H groups in total. The maximum atomic E-state index is 12.1. The molecule has 3 aromatic rings. The maximum Gasteiger partial charge on any atom is 0.178 e. The highest BCUT2D eigenvalue weighted by Crippen LogP contribution is 2.29. The molecule has 0 aliphatic carbocycles. The Balaban J connectivity index is 1.53.